The lowest BCUT2D eigenvalue weighted by Crippen LogP contribution is -2.53. The highest BCUT2D eigenvalue weighted by Gasteiger charge is 2.36. The molecule has 0 saturated carbocycles. The summed E-state index contributed by atoms with van der Waals surface area (Å²) in [4.78, 5) is 41.3. The van der Waals surface area contributed by atoms with Crippen molar-refractivity contribution in [3.05, 3.63) is 64.7 Å². The molecule has 2 rings (SSSR count). The van der Waals surface area contributed by atoms with Crippen LogP contribution in [0.2, 0.25) is 0 Å². The van der Waals surface area contributed by atoms with E-state index in [9.17, 15) is 14.4 Å². The summed E-state index contributed by atoms with van der Waals surface area (Å²) in [6.07, 6.45) is -0.686. The fraction of sp³-hybridized carbons (Fsp3) is 0.464. The number of hydrogen-bond acceptors (Lipinski definition) is 4. The largest absolute Gasteiger partial charge is 0.444 e. The average molecular weight is 482 g/mol. The van der Waals surface area contributed by atoms with Crippen LogP contribution in [0.4, 0.5) is 10.5 Å². The summed E-state index contributed by atoms with van der Waals surface area (Å²) >= 11 is 0. The molecule has 2 unspecified atom stereocenters. The molecule has 0 aromatic heterocycles. The maximum Gasteiger partial charge on any atom is 0.408 e. The first-order valence-electron chi connectivity index (χ1n) is 12.0. The molecule has 2 aromatic rings. The molecule has 35 heavy (non-hydrogen) atoms. The molecule has 0 spiro atoms. The molecule has 0 radical (unpaired) electrons. The second-order valence-electron chi connectivity index (χ2n) is 10.3. The Balaban J connectivity index is 2.47. The van der Waals surface area contributed by atoms with Gasteiger partial charge in [-0.15, -0.1) is 0 Å². The number of nitrogens with zero attached hydrogens (tertiary/aromatic N) is 1. The van der Waals surface area contributed by atoms with Gasteiger partial charge in [0.05, 0.1) is 0 Å². The number of carbonyl (C=O) groups excluding carboxylic acids is 3. The number of amides is 3. The minimum absolute atomic E-state index is 0.321. The van der Waals surface area contributed by atoms with Crippen molar-refractivity contribution in [3.8, 4) is 0 Å². The SMILES string of the molecule is Cc1cc(C)cc(C(C(=O)Nc2ccccc2C)N(C(=O)C(C)NC(=O)OC(C)(C)C)C(C)C)c1. The number of ether oxygens (including phenoxy) is 1. The third kappa shape index (κ3) is 7.84. The van der Waals surface area contributed by atoms with Gasteiger partial charge < -0.3 is 20.3 Å². The minimum atomic E-state index is -0.899. The van der Waals surface area contributed by atoms with Crippen LogP contribution in [0.1, 0.15) is 69.8 Å². The smallest absolute Gasteiger partial charge is 0.408 e. The predicted molar refractivity (Wildman–Crippen MR) is 139 cm³/mol. The fourth-order valence-electron chi connectivity index (χ4n) is 3.97. The van der Waals surface area contributed by atoms with Crippen LogP contribution in [-0.4, -0.2) is 40.5 Å². The number of anilines is 1. The number of aryl methyl sites for hydroxylation is 3. The van der Waals surface area contributed by atoms with Crippen LogP contribution >= 0.6 is 0 Å². The number of nitrogens with one attached hydrogen (secondary N) is 2. The Bertz CT molecular complexity index is 1050. The molecule has 0 heterocycles. The minimum Gasteiger partial charge on any atom is -0.444 e. The predicted octanol–water partition coefficient (Wildman–Crippen LogP) is 5.44. The van der Waals surface area contributed by atoms with E-state index < -0.39 is 23.8 Å². The van der Waals surface area contributed by atoms with Crippen molar-refractivity contribution in [1.82, 2.24) is 10.2 Å². The topological polar surface area (TPSA) is 87.7 Å². The highest BCUT2D eigenvalue weighted by Crippen LogP contribution is 2.28. The Hall–Kier alpha value is -3.35. The van der Waals surface area contributed by atoms with Gasteiger partial charge in [0.15, 0.2) is 0 Å². The van der Waals surface area contributed by atoms with Gasteiger partial charge in [0.25, 0.3) is 5.91 Å². The van der Waals surface area contributed by atoms with Crippen LogP contribution in [-0.2, 0) is 14.3 Å². The van der Waals surface area contributed by atoms with Gasteiger partial charge in [0.1, 0.15) is 17.7 Å². The molecular weight excluding hydrogens is 442 g/mol. The van der Waals surface area contributed by atoms with Gasteiger partial charge in [-0.05, 0) is 79.5 Å². The third-order valence-corrected chi connectivity index (χ3v) is 5.40. The third-order valence-electron chi connectivity index (χ3n) is 5.40. The van der Waals surface area contributed by atoms with Crippen molar-refractivity contribution >= 4 is 23.6 Å². The lowest BCUT2D eigenvalue weighted by molar-refractivity contribution is -0.142. The van der Waals surface area contributed by atoms with E-state index in [1.807, 2.05) is 77.1 Å². The highest BCUT2D eigenvalue weighted by atomic mass is 16.6. The Morgan fingerprint density at radius 1 is 0.914 bits per heavy atom. The molecule has 0 aliphatic rings. The second-order valence-corrected chi connectivity index (χ2v) is 10.3. The molecule has 0 aliphatic carbocycles. The second kappa shape index (κ2) is 11.4. The highest BCUT2D eigenvalue weighted by molar-refractivity contribution is 5.99. The van der Waals surface area contributed by atoms with Crippen LogP contribution in [0.3, 0.4) is 0 Å². The van der Waals surface area contributed by atoms with Crippen LogP contribution in [0.25, 0.3) is 0 Å². The number of alkyl carbamates (subject to hydrolysis) is 1. The lowest BCUT2D eigenvalue weighted by Gasteiger charge is -2.36. The normalized spacial score (nSPS) is 13.1. The van der Waals surface area contributed by atoms with Gasteiger partial charge in [0, 0.05) is 11.7 Å². The number of para-hydroxylation sites is 1. The van der Waals surface area contributed by atoms with Gasteiger partial charge in [-0.3, -0.25) is 9.59 Å². The van der Waals surface area contributed by atoms with E-state index in [0.29, 0.717) is 11.3 Å². The van der Waals surface area contributed by atoms with Crippen LogP contribution in [0.15, 0.2) is 42.5 Å². The monoisotopic (exact) mass is 481 g/mol. The van der Waals surface area contributed by atoms with Crippen LogP contribution < -0.4 is 10.6 Å². The van der Waals surface area contributed by atoms with E-state index >= 15 is 0 Å². The maximum atomic E-state index is 13.8. The molecule has 3 amide bonds. The molecule has 2 aromatic carbocycles. The van der Waals surface area contributed by atoms with Crippen molar-refractivity contribution in [2.24, 2.45) is 0 Å². The first kappa shape index (κ1) is 27.9. The zero-order valence-corrected chi connectivity index (χ0v) is 22.4. The summed E-state index contributed by atoms with van der Waals surface area (Å²) in [5, 5.41) is 5.62. The summed E-state index contributed by atoms with van der Waals surface area (Å²) in [6.45, 7) is 16.4. The number of rotatable bonds is 7. The van der Waals surface area contributed by atoms with E-state index in [2.05, 4.69) is 10.6 Å². The van der Waals surface area contributed by atoms with E-state index in [-0.39, 0.29) is 17.9 Å². The summed E-state index contributed by atoms with van der Waals surface area (Å²) in [6, 6.07) is 11.3. The lowest BCUT2D eigenvalue weighted by atomic mass is 9.97. The molecular formula is C28H39N3O4. The van der Waals surface area contributed by atoms with E-state index in [0.717, 1.165) is 16.7 Å². The summed E-state index contributed by atoms with van der Waals surface area (Å²) in [7, 11) is 0. The molecule has 0 aliphatic heterocycles. The van der Waals surface area contributed by atoms with Gasteiger partial charge >= 0.3 is 6.09 Å². The zero-order valence-electron chi connectivity index (χ0n) is 22.4. The molecule has 0 saturated heterocycles. The van der Waals surface area contributed by atoms with Crippen molar-refractivity contribution in [1.29, 1.82) is 0 Å². The fourth-order valence-corrected chi connectivity index (χ4v) is 3.97. The molecule has 2 N–H and O–H groups in total. The Morgan fingerprint density at radius 3 is 2.00 bits per heavy atom. The molecule has 190 valence electrons. The standard InChI is InChI=1S/C28H39N3O4/c1-17(2)31(26(33)21(6)29-27(34)35-28(7,8)9)24(22-15-18(3)14-19(4)16-22)25(32)30-23-13-11-10-12-20(23)5/h10-17,21,24H,1-9H3,(H,29,34)(H,30,32). The first-order chi connectivity index (χ1) is 16.2. The van der Waals surface area contributed by atoms with Gasteiger partial charge in [-0.2, -0.15) is 0 Å². The van der Waals surface area contributed by atoms with Gasteiger partial charge in [-0.1, -0.05) is 47.5 Å². The van der Waals surface area contributed by atoms with Crippen molar-refractivity contribution in [2.45, 2.75) is 86.0 Å². The molecule has 7 nitrogen and oxygen atoms in total. The summed E-state index contributed by atoms with van der Waals surface area (Å²) in [5.41, 5.74) is 3.60. The van der Waals surface area contributed by atoms with E-state index in [1.54, 1.807) is 27.7 Å². The van der Waals surface area contributed by atoms with Gasteiger partial charge in [0.2, 0.25) is 5.91 Å². The molecule has 0 bridgehead atoms. The number of benzene rings is 2. The van der Waals surface area contributed by atoms with Crippen molar-refractivity contribution < 1.29 is 19.1 Å². The molecule has 2 atom stereocenters. The number of hydrogen-bond donors (Lipinski definition) is 2. The average Bonchev–Trinajstić information content (AvgIpc) is 2.70. The van der Waals surface area contributed by atoms with Crippen LogP contribution in [0, 0.1) is 20.8 Å². The van der Waals surface area contributed by atoms with E-state index in [1.165, 1.54) is 4.90 Å². The molecule has 7 heteroatoms. The Kier molecular flexibility index (Phi) is 9.07. The van der Waals surface area contributed by atoms with Crippen molar-refractivity contribution in [2.75, 3.05) is 5.32 Å². The summed E-state index contributed by atoms with van der Waals surface area (Å²) < 4.78 is 5.31. The van der Waals surface area contributed by atoms with Crippen LogP contribution in [0.5, 0.6) is 0 Å². The number of carbonyl (C=O) groups is 3. The summed E-state index contributed by atoms with van der Waals surface area (Å²) in [5.74, 6) is -0.703. The zero-order chi connectivity index (χ0) is 26.5. The first-order valence-corrected chi connectivity index (χ1v) is 12.0. The van der Waals surface area contributed by atoms with Gasteiger partial charge in [-0.25, -0.2) is 4.79 Å². The quantitative estimate of drug-likeness (QED) is 0.551. The van der Waals surface area contributed by atoms with Crippen molar-refractivity contribution in [3.63, 3.8) is 0 Å². The Labute approximate surface area is 209 Å². The Morgan fingerprint density at radius 2 is 1.49 bits per heavy atom. The molecule has 0 fully saturated rings. The maximum absolute atomic E-state index is 13.8. The van der Waals surface area contributed by atoms with E-state index in [4.69, 9.17) is 4.74 Å².